The molecule has 3 rings (SSSR count). The van der Waals surface area contributed by atoms with Gasteiger partial charge in [0.1, 0.15) is 0 Å². The van der Waals surface area contributed by atoms with Gasteiger partial charge in [0.05, 0.1) is 4.90 Å². The lowest BCUT2D eigenvalue weighted by atomic mass is 10.2. The lowest BCUT2D eigenvalue weighted by Crippen LogP contribution is -2.50. The Morgan fingerprint density at radius 2 is 1.37 bits per heavy atom. The zero-order valence-corrected chi connectivity index (χ0v) is 17.7. The van der Waals surface area contributed by atoms with E-state index in [2.05, 4.69) is 22.6 Å². The van der Waals surface area contributed by atoms with Crippen molar-refractivity contribution in [2.24, 2.45) is 0 Å². The van der Waals surface area contributed by atoms with Crippen LogP contribution in [0.5, 0.6) is 0 Å². The van der Waals surface area contributed by atoms with Gasteiger partial charge in [-0.2, -0.15) is 4.31 Å². The van der Waals surface area contributed by atoms with Crippen molar-refractivity contribution in [3.05, 3.63) is 63.2 Å². The number of carbonyl (C=O) groups is 2. The molecular formula is C19H19IN2O4S. The number of amides is 1. The maximum absolute atomic E-state index is 12.8. The number of benzene rings is 2. The van der Waals surface area contributed by atoms with E-state index in [1.165, 1.54) is 35.5 Å². The summed E-state index contributed by atoms with van der Waals surface area (Å²) in [7, 11) is -3.64. The molecule has 6 nitrogen and oxygen atoms in total. The van der Waals surface area contributed by atoms with E-state index in [4.69, 9.17) is 0 Å². The normalized spacial score (nSPS) is 15.6. The predicted octanol–water partition coefficient (Wildman–Crippen LogP) is 2.64. The molecule has 1 fully saturated rings. The van der Waals surface area contributed by atoms with E-state index >= 15 is 0 Å². The van der Waals surface area contributed by atoms with Crippen molar-refractivity contribution < 1.29 is 18.0 Å². The zero-order chi connectivity index (χ0) is 19.6. The number of Topliss-reactive ketones (excluding diaryl/α,β-unsaturated/α-hetero) is 1. The molecule has 2 aromatic rings. The van der Waals surface area contributed by atoms with E-state index in [1.807, 2.05) is 12.1 Å². The summed E-state index contributed by atoms with van der Waals surface area (Å²) in [6, 6.07) is 13.3. The van der Waals surface area contributed by atoms with Crippen molar-refractivity contribution in [1.82, 2.24) is 9.21 Å². The first-order valence-electron chi connectivity index (χ1n) is 8.45. The molecule has 27 heavy (non-hydrogen) atoms. The third kappa shape index (κ3) is 4.39. The van der Waals surface area contributed by atoms with Crippen LogP contribution in [0.3, 0.4) is 0 Å². The molecule has 0 aliphatic carbocycles. The molecule has 1 amide bonds. The van der Waals surface area contributed by atoms with E-state index in [-0.39, 0.29) is 29.7 Å². The average molecular weight is 498 g/mol. The maximum atomic E-state index is 12.8. The van der Waals surface area contributed by atoms with Crippen LogP contribution < -0.4 is 0 Å². The summed E-state index contributed by atoms with van der Waals surface area (Å²) in [5, 5.41) is 0. The van der Waals surface area contributed by atoms with Crippen molar-refractivity contribution >= 4 is 44.3 Å². The second-order valence-electron chi connectivity index (χ2n) is 6.28. The molecule has 142 valence electrons. The Bertz CT molecular complexity index is 948. The Morgan fingerprint density at radius 3 is 1.89 bits per heavy atom. The molecule has 0 spiro atoms. The van der Waals surface area contributed by atoms with Gasteiger partial charge in [0, 0.05) is 40.9 Å². The fourth-order valence-corrected chi connectivity index (χ4v) is 4.70. The standard InChI is InChI=1S/C19H19IN2O4S/c1-14(23)15-4-8-18(9-5-15)27(25,26)22-12-10-21(11-13-22)19(24)16-2-6-17(20)7-3-16/h2-9H,10-13H2,1H3. The maximum Gasteiger partial charge on any atom is 0.253 e. The molecule has 0 radical (unpaired) electrons. The SMILES string of the molecule is CC(=O)c1ccc(S(=O)(=O)N2CCN(C(=O)c3ccc(I)cc3)CC2)cc1. The van der Waals surface area contributed by atoms with Crippen molar-refractivity contribution in [2.75, 3.05) is 26.2 Å². The van der Waals surface area contributed by atoms with Gasteiger partial charge in [-0.25, -0.2) is 8.42 Å². The van der Waals surface area contributed by atoms with Crippen LogP contribution in [-0.2, 0) is 10.0 Å². The van der Waals surface area contributed by atoms with E-state index in [9.17, 15) is 18.0 Å². The largest absolute Gasteiger partial charge is 0.336 e. The summed E-state index contributed by atoms with van der Waals surface area (Å²) < 4.78 is 28.0. The summed E-state index contributed by atoms with van der Waals surface area (Å²) in [4.78, 5) is 25.7. The van der Waals surface area contributed by atoms with Crippen molar-refractivity contribution in [2.45, 2.75) is 11.8 Å². The molecule has 0 aromatic heterocycles. The number of piperazine rings is 1. The number of rotatable bonds is 4. The molecule has 1 saturated heterocycles. The molecule has 0 unspecified atom stereocenters. The molecule has 1 aliphatic rings. The monoisotopic (exact) mass is 498 g/mol. The summed E-state index contributed by atoms with van der Waals surface area (Å²) in [6.45, 7) is 2.61. The minimum absolute atomic E-state index is 0.0886. The van der Waals surface area contributed by atoms with E-state index < -0.39 is 10.0 Å². The van der Waals surface area contributed by atoms with Crippen LogP contribution in [0.15, 0.2) is 53.4 Å². The van der Waals surface area contributed by atoms with Gasteiger partial charge in [0.2, 0.25) is 10.0 Å². The Hall–Kier alpha value is -1.78. The minimum atomic E-state index is -3.64. The van der Waals surface area contributed by atoms with Gasteiger partial charge in [0.25, 0.3) is 5.91 Å². The molecular weight excluding hydrogens is 479 g/mol. The number of hydrogen-bond donors (Lipinski definition) is 0. The number of sulfonamides is 1. The highest BCUT2D eigenvalue weighted by Gasteiger charge is 2.30. The van der Waals surface area contributed by atoms with Crippen LogP contribution >= 0.6 is 22.6 Å². The van der Waals surface area contributed by atoms with Gasteiger partial charge in [-0.05, 0) is 65.9 Å². The fraction of sp³-hybridized carbons (Fsp3) is 0.263. The van der Waals surface area contributed by atoms with Gasteiger partial charge in [-0.3, -0.25) is 9.59 Å². The van der Waals surface area contributed by atoms with Gasteiger partial charge < -0.3 is 4.90 Å². The number of halogens is 1. The lowest BCUT2D eigenvalue weighted by Gasteiger charge is -2.34. The van der Waals surface area contributed by atoms with Crippen LogP contribution in [0, 0.1) is 3.57 Å². The number of carbonyl (C=O) groups excluding carboxylic acids is 2. The second-order valence-corrected chi connectivity index (χ2v) is 9.47. The molecule has 0 saturated carbocycles. The Balaban J connectivity index is 1.68. The highest BCUT2D eigenvalue weighted by molar-refractivity contribution is 14.1. The first-order chi connectivity index (χ1) is 12.8. The molecule has 2 aromatic carbocycles. The van der Waals surface area contributed by atoms with Gasteiger partial charge in [-0.1, -0.05) is 12.1 Å². The van der Waals surface area contributed by atoms with Gasteiger partial charge >= 0.3 is 0 Å². The molecule has 0 atom stereocenters. The van der Waals surface area contributed by atoms with E-state index in [1.54, 1.807) is 17.0 Å². The molecule has 1 heterocycles. The second kappa shape index (κ2) is 8.07. The molecule has 1 aliphatic heterocycles. The Morgan fingerprint density at radius 1 is 0.852 bits per heavy atom. The number of hydrogen-bond acceptors (Lipinski definition) is 4. The highest BCUT2D eigenvalue weighted by Crippen LogP contribution is 2.19. The number of nitrogens with zero attached hydrogens (tertiary/aromatic N) is 2. The quantitative estimate of drug-likeness (QED) is 0.480. The van der Waals surface area contributed by atoms with Crippen molar-refractivity contribution in [3.63, 3.8) is 0 Å². The lowest BCUT2D eigenvalue weighted by molar-refractivity contribution is 0.0697. The fourth-order valence-electron chi connectivity index (χ4n) is 2.92. The molecule has 8 heteroatoms. The van der Waals surface area contributed by atoms with Crippen LogP contribution in [0.25, 0.3) is 0 Å². The summed E-state index contributed by atoms with van der Waals surface area (Å²) in [5.41, 5.74) is 1.08. The van der Waals surface area contributed by atoms with E-state index in [0.29, 0.717) is 24.2 Å². The Kier molecular flexibility index (Phi) is 5.97. The smallest absolute Gasteiger partial charge is 0.253 e. The van der Waals surface area contributed by atoms with Crippen molar-refractivity contribution in [1.29, 1.82) is 0 Å². The van der Waals surface area contributed by atoms with Crippen LogP contribution in [-0.4, -0.2) is 55.5 Å². The number of ketones is 1. The average Bonchev–Trinajstić information content (AvgIpc) is 2.68. The minimum Gasteiger partial charge on any atom is -0.336 e. The summed E-state index contributed by atoms with van der Waals surface area (Å²) in [5.74, 6) is -0.198. The van der Waals surface area contributed by atoms with Crippen molar-refractivity contribution in [3.8, 4) is 0 Å². The molecule has 0 N–H and O–H groups in total. The van der Waals surface area contributed by atoms with Gasteiger partial charge in [-0.15, -0.1) is 0 Å². The summed E-state index contributed by atoms with van der Waals surface area (Å²) in [6.07, 6.45) is 0. The Labute approximate surface area is 172 Å². The van der Waals surface area contributed by atoms with Crippen LogP contribution in [0.4, 0.5) is 0 Å². The first-order valence-corrected chi connectivity index (χ1v) is 11.0. The third-order valence-electron chi connectivity index (χ3n) is 4.52. The third-order valence-corrected chi connectivity index (χ3v) is 7.15. The van der Waals surface area contributed by atoms with Gasteiger partial charge in [0.15, 0.2) is 5.78 Å². The highest BCUT2D eigenvalue weighted by atomic mass is 127. The van der Waals surface area contributed by atoms with Crippen LogP contribution in [0.2, 0.25) is 0 Å². The topological polar surface area (TPSA) is 74.8 Å². The first kappa shape index (κ1) is 20.0. The van der Waals surface area contributed by atoms with E-state index in [0.717, 1.165) is 3.57 Å². The zero-order valence-electron chi connectivity index (χ0n) is 14.8. The predicted molar refractivity (Wildman–Crippen MR) is 110 cm³/mol. The van der Waals surface area contributed by atoms with Crippen LogP contribution in [0.1, 0.15) is 27.6 Å². The molecule has 0 bridgehead atoms. The summed E-state index contributed by atoms with van der Waals surface area (Å²) >= 11 is 2.18.